The quantitative estimate of drug-likeness (QED) is 0.867. The summed E-state index contributed by atoms with van der Waals surface area (Å²) in [7, 11) is 1.92. The van der Waals surface area contributed by atoms with E-state index in [4.69, 9.17) is 0 Å². The molecule has 0 bridgehead atoms. The van der Waals surface area contributed by atoms with Crippen LogP contribution in [0, 0.1) is 0 Å². The van der Waals surface area contributed by atoms with Crippen molar-refractivity contribution in [3.63, 3.8) is 0 Å². The first-order valence-electron chi connectivity index (χ1n) is 7.71. The number of β-amino-alcohol motifs (C(OH)–C–C–N with tert-alkyl or cyclic N) is 1. The minimum absolute atomic E-state index is 0.528. The van der Waals surface area contributed by atoms with Crippen molar-refractivity contribution in [3.8, 4) is 0 Å². The summed E-state index contributed by atoms with van der Waals surface area (Å²) < 4.78 is 0.850. The Bertz CT molecular complexity index is 637. The Labute approximate surface area is 145 Å². The molecule has 0 aliphatic carbocycles. The average Bonchev–Trinajstić information content (AvgIpc) is 2.89. The minimum Gasteiger partial charge on any atom is -0.387 e. The lowest BCUT2D eigenvalue weighted by molar-refractivity contribution is 0.0559. The maximum atomic E-state index is 10.9. The van der Waals surface area contributed by atoms with Crippen LogP contribution in [0.25, 0.3) is 0 Å². The van der Waals surface area contributed by atoms with Gasteiger partial charge in [-0.1, -0.05) is 30.3 Å². The van der Waals surface area contributed by atoms with Crippen molar-refractivity contribution in [1.82, 2.24) is 14.9 Å². The molecule has 1 unspecified atom stereocenters. The van der Waals surface area contributed by atoms with E-state index in [0.717, 1.165) is 24.0 Å². The summed E-state index contributed by atoms with van der Waals surface area (Å²) in [6.45, 7) is 2.98. The molecule has 1 fully saturated rings. The normalized spacial score (nSPS) is 21.5. The summed E-state index contributed by atoms with van der Waals surface area (Å²) >= 11 is 3.33. The predicted octanol–water partition coefficient (Wildman–Crippen LogP) is 2.31. The van der Waals surface area contributed by atoms with E-state index in [-0.39, 0.29) is 0 Å². The number of nitrogens with zero attached hydrogens (tertiary/aromatic N) is 4. The van der Waals surface area contributed by atoms with Crippen LogP contribution in [0.15, 0.2) is 47.2 Å². The fourth-order valence-electron chi connectivity index (χ4n) is 3.06. The number of aliphatic hydroxyl groups is 1. The molecule has 0 saturated carbocycles. The van der Waals surface area contributed by atoms with Gasteiger partial charge in [0.05, 0.1) is 16.6 Å². The highest BCUT2D eigenvalue weighted by Crippen LogP contribution is 2.25. The highest BCUT2D eigenvalue weighted by Gasteiger charge is 2.37. The van der Waals surface area contributed by atoms with Gasteiger partial charge in [-0.15, -0.1) is 0 Å². The van der Waals surface area contributed by atoms with Crippen molar-refractivity contribution >= 4 is 21.9 Å². The van der Waals surface area contributed by atoms with Crippen LogP contribution < -0.4 is 4.90 Å². The molecule has 1 aliphatic rings. The minimum atomic E-state index is -0.722. The first kappa shape index (κ1) is 16.4. The Morgan fingerprint density at radius 3 is 2.65 bits per heavy atom. The van der Waals surface area contributed by atoms with Gasteiger partial charge in [0.15, 0.2) is 0 Å². The number of hydrogen-bond acceptors (Lipinski definition) is 5. The van der Waals surface area contributed by atoms with E-state index in [1.807, 2.05) is 18.0 Å². The molecule has 23 heavy (non-hydrogen) atoms. The van der Waals surface area contributed by atoms with Gasteiger partial charge < -0.3 is 10.0 Å². The Morgan fingerprint density at radius 1 is 1.26 bits per heavy atom. The molecule has 1 atom stereocenters. The van der Waals surface area contributed by atoms with Gasteiger partial charge in [0.1, 0.15) is 0 Å². The zero-order chi connectivity index (χ0) is 16.3. The van der Waals surface area contributed by atoms with Gasteiger partial charge in [-0.25, -0.2) is 9.97 Å². The van der Waals surface area contributed by atoms with Gasteiger partial charge in [0.25, 0.3) is 0 Å². The number of likely N-dealkylation sites (tertiary alicyclic amines) is 1. The van der Waals surface area contributed by atoms with Gasteiger partial charge in [-0.05, 0) is 27.9 Å². The molecular formula is C17H21BrN4O. The first-order chi connectivity index (χ1) is 11.0. The molecule has 2 heterocycles. The lowest BCUT2D eigenvalue weighted by Crippen LogP contribution is -2.44. The zero-order valence-corrected chi connectivity index (χ0v) is 14.8. The molecule has 6 heteroatoms. The third-order valence-electron chi connectivity index (χ3n) is 4.14. The van der Waals surface area contributed by atoms with E-state index in [1.54, 1.807) is 12.4 Å². The summed E-state index contributed by atoms with van der Waals surface area (Å²) in [5, 5.41) is 10.9. The van der Waals surface area contributed by atoms with E-state index in [9.17, 15) is 5.11 Å². The largest absolute Gasteiger partial charge is 0.387 e. The fourth-order valence-corrected chi connectivity index (χ4v) is 3.27. The Kier molecular flexibility index (Phi) is 4.94. The van der Waals surface area contributed by atoms with Gasteiger partial charge in [0.2, 0.25) is 5.95 Å². The molecule has 1 aromatic heterocycles. The van der Waals surface area contributed by atoms with Crippen molar-refractivity contribution in [2.75, 3.05) is 31.6 Å². The van der Waals surface area contributed by atoms with Crippen LogP contribution in [0.2, 0.25) is 0 Å². The number of likely N-dealkylation sites (N-methyl/N-ethyl adjacent to an activating group) is 1. The second kappa shape index (κ2) is 6.95. The first-order valence-corrected chi connectivity index (χ1v) is 8.51. The van der Waals surface area contributed by atoms with E-state index in [1.165, 1.54) is 5.56 Å². The number of rotatable bonds is 5. The molecule has 122 valence electrons. The number of anilines is 1. The number of aromatic nitrogens is 2. The van der Waals surface area contributed by atoms with Crippen LogP contribution in [0.3, 0.4) is 0 Å². The van der Waals surface area contributed by atoms with Crippen LogP contribution in [0.1, 0.15) is 12.0 Å². The van der Waals surface area contributed by atoms with Crippen LogP contribution in [-0.2, 0) is 6.54 Å². The van der Waals surface area contributed by atoms with E-state index >= 15 is 0 Å². The molecule has 1 aromatic carbocycles. The van der Waals surface area contributed by atoms with E-state index in [0.29, 0.717) is 19.0 Å². The zero-order valence-electron chi connectivity index (χ0n) is 13.2. The van der Waals surface area contributed by atoms with Crippen LogP contribution in [-0.4, -0.2) is 52.3 Å². The smallest absolute Gasteiger partial charge is 0.225 e. The molecule has 3 rings (SSSR count). The standard InChI is InChI=1S/C17H21BrN4O/c1-21(16-19-9-15(18)10-20-16)12-17(23)7-8-22(13-17)11-14-5-3-2-4-6-14/h2-6,9-10,23H,7-8,11-13H2,1H3. The lowest BCUT2D eigenvalue weighted by Gasteiger charge is -2.29. The summed E-state index contributed by atoms with van der Waals surface area (Å²) in [6, 6.07) is 10.4. The predicted molar refractivity (Wildman–Crippen MR) is 94.3 cm³/mol. The third kappa shape index (κ3) is 4.28. The fraction of sp³-hybridized carbons (Fsp3) is 0.412. The van der Waals surface area contributed by atoms with Gasteiger partial charge in [-0.3, -0.25) is 4.90 Å². The second-order valence-electron chi connectivity index (χ2n) is 6.23. The third-order valence-corrected chi connectivity index (χ3v) is 4.55. The van der Waals surface area contributed by atoms with Crippen molar-refractivity contribution in [2.24, 2.45) is 0 Å². The summed E-state index contributed by atoms with van der Waals surface area (Å²) in [4.78, 5) is 12.8. The van der Waals surface area contributed by atoms with Crippen molar-refractivity contribution in [2.45, 2.75) is 18.6 Å². The molecule has 2 aromatic rings. The van der Waals surface area contributed by atoms with Gasteiger partial charge in [-0.2, -0.15) is 0 Å². The summed E-state index contributed by atoms with van der Waals surface area (Å²) in [5.74, 6) is 0.628. The molecule has 1 aliphatic heterocycles. The molecular weight excluding hydrogens is 356 g/mol. The van der Waals surface area contributed by atoms with E-state index < -0.39 is 5.60 Å². The number of benzene rings is 1. The summed E-state index contributed by atoms with van der Waals surface area (Å²) in [6.07, 6.45) is 4.21. The lowest BCUT2D eigenvalue weighted by atomic mass is 10.0. The monoisotopic (exact) mass is 376 g/mol. The molecule has 0 radical (unpaired) electrons. The molecule has 1 saturated heterocycles. The SMILES string of the molecule is CN(CC1(O)CCN(Cc2ccccc2)C1)c1ncc(Br)cn1. The van der Waals surface area contributed by atoms with E-state index in [2.05, 4.69) is 55.1 Å². The van der Waals surface area contributed by atoms with Crippen LogP contribution in [0.5, 0.6) is 0 Å². The van der Waals surface area contributed by atoms with Gasteiger partial charge >= 0.3 is 0 Å². The van der Waals surface area contributed by atoms with Crippen LogP contribution in [0.4, 0.5) is 5.95 Å². The molecule has 0 spiro atoms. The molecule has 1 N–H and O–H groups in total. The Hall–Kier alpha value is -1.50. The van der Waals surface area contributed by atoms with Crippen LogP contribution >= 0.6 is 15.9 Å². The number of hydrogen-bond donors (Lipinski definition) is 1. The maximum absolute atomic E-state index is 10.9. The Morgan fingerprint density at radius 2 is 1.96 bits per heavy atom. The Balaban J connectivity index is 1.59. The second-order valence-corrected chi connectivity index (χ2v) is 7.14. The van der Waals surface area contributed by atoms with Gasteiger partial charge in [0, 0.05) is 39.1 Å². The average molecular weight is 377 g/mol. The molecule has 5 nitrogen and oxygen atoms in total. The highest BCUT2D eigenvalue weighted by atomic mass is 79.9. The van der Waals surface area contributed by atoms with Crippen molar-refractivity contribution < 1.29 is 5.11 Å². The topological polar surface area (TPSA) is 52.5 Å². The van der Waals surface area contributed by atoms with Crippen molar-refractivity contribution in [1.29, 1.82) is 0 Å². The maximum Gasteiger partial charge on any atom is 0.225 e. The molecule has 0 amide bonds. The van der Waals surface area contributed by atoms with Crippen molar-refractivity contribution in [3.05, 3.63) is 52.8 Å². The summed E-state index contributed by atoms with van der Waals surface area (Å²) in [5.41, 5.74) is 0.557. The highest BCUT2D eigenvalue weighted by molar-refractivity contribution is 9.10. The number of halogens is 1.